The summed E-state index contributed by atoms with van der Waals surface area (Å²) in [5.74, 6) is 0.0769. The molecule has 1 aliphatic rings. The summed E-state index contributed by atoms with van der Waals surface area (Å²) in [5, 5.41) is 6.99. The molecule has 2 heterocycles. The Balaban J connectivity index is 0.00000192. The molecular formula is C17H21ClN2O3. The highest BCUT2D eigenvalue weighted by Gasteiger charge is 2.20. The summed E-state index contributed by atoms with van der Waals surface area (Å²) >= 11 is 0. The average Bonchev–Trinajstić information content (AvgIpc) is 2.54. The van der Waals surface area contributed by atoms with Gasteiger partial charge < -0.3 is 15.1 Å². The molecule has 6 heteroatoms. The van der Waals surface area contributed by atoms with Gasteiger partial charge in [-0.15, -0.1) is 12.4 Å². The molecule has 124 valence electrons. The van der Waals surface area contributed by atoms with Crippen LogP contribution in [0.1, 0.15) is 28.8 Å². The van der Waals surface area contributed by atoms with Crippen molar-refractivity contribution in [1.82, 2.24) is 10.6 Å². The van der Waals surface area contributed by atoms with Crippen LogP contribution in [0.4, 0.5) is 0 Å². The summed E-state index contributed by atoms with van der Waals surface area (Å²) in [6.07, 6.45) is 2.22. The fourth-order valence-corrected chi connectivity index (χ4v) is 2.99. The first-order chi connectivity index (χ1) is 10.7. The van der Waals surface area contributed by atoms with E-state index in [-0.39, 0.29) is 23.9 Å². The number of halogens is 1. The molecule has 3 rings (SSSR count). The standard InChI is InChI=1S/C17H20N2O3.ClH/c1-11-13-6-2-3-7-14(13)22-17(21)15(11)16(20)19-10-12-5-4-8-18-9-12;/h2-3,6-7,12,18H,4-5,8-10H2,1H3,(H,19,20);1H. The van der Waals surface area contributed by atoms with Gasteiger partial charge in [0.1, 0.15) is 11.1 Å². The topological polar surface area (TPSA) is 71.3 Å². The Kier molecular flexibility index (Phi) is 5.80. The molecule has 2 N–H and O–H groups in total. The lowest BCUT2D eigenvalue weighted by molar-refractivity contribution is 0.0940. The van der Waals surface area contributed by atoms with Gasteiger partial charge in [0, 0.05) is 11.9 Å². The molecule has 1 aromatic carbocycles. The van der Waals surface area contributed by atoms with Gasteiger partial charge >= 0.3 is 5.63 Å². The first-order valence-corrected chi connectivity index (χ1v) is 7.68. The third kappa shape index (κ3) is 3.74. The van der Waals surface area contributed by atoms with Crippen LogP contribution in [0.2, 0.25) is 0 Å². The molecule has 0 aliphatic carbocycles. The van der Waals surface area contributed by atoms with E-state index >= 15 is 0 Å². The maximum atomic E-state index is 12.4. The maximum Gasteiger partial charge on any atom is 0.349 e. The number of para-hydroxylation sites is 1. The number of hydrogen-bond acceptors (Lipinski definition) is 4. The first kappa shape index (κ1) is 17.5. The van der Waals surface area contributed by atoms with Gasteiger partial charge in [-0.25, -0.2) is 4.79 Å². The van der Waals surface area contributed by atoms with Gasteiger partial charge in [-0.3, -0.25) is 4.79 Å². The molecule has 1 atom stereocenters. The van der Waals surface area contributed by atoms with Crippen molar-refractivity contribution >= 4 is 29.3 Å². The van der Waals surface area contributed by atoms with Gasteiger partial charge in [-0.2, -0.15) is 0 Å². The van der Waals surface area contributed by atoms with E-state index < -0.39 is 5.63 Å². The smallest absolute Gasteiger partial charge is 0.349 e. The fourth-order valence-electron chi connectivity index (χ4n) is 2.99. The molecular weight excluding hydrogens is 316 g/mol. The number of carbonyl (C=O) groups is 1. The lowest BCUT2D eigenvalue weighted by Crippen LogP contribution is -2.39. The summed E-state index contributed by atoms with van der Waals surface area (Å²) < 4.78 is 5.26. The second-order valence-electron chi connectivity index (χ2n) is 5.81. The number of rotatable bonds is 3. The monoisotopic (exact) mass is 336 g/mol. The Labute approximate surface area is 140 Å². The molecule has 0 spiro atoms. The Bertz CT molecular complexity index is 751. The first-order valence-electron chi connectivity index (χ1n) is 7.68. The second kappa shape index (κ2) is 7.62. The van der Waals surface area contributed by atoms with Gasteiger partial charge in [0.15, 0.2) is 0 Å². The minimum Gasteiger partial charge on any atom is -0.422 e. The Morgan fingerprint density at radius 2 is 2.17 bits per heavy atom. The van der Waals surface area contributed by atoms with Crippen LogP contribution in [-0.4, -0.2) is 25.5 Å². The van der Waals surface area contributed by atoms with E-state index in [1.807, 2.05) is 12.1 Å². The molecule has 1 aliphatic heterocycles. The van der Waals surface area contributed by atoms with E-state index in [4.69, 9.17) is 4.42 Å². The maximum absolute atomic E-state index is 12.4. The van der Waals surface area contributed by atoms with Crippen LogP contribution in [0, 0.1) is 12.8 Å². The Hall–Kier alpha value is -1.85. The number of carbonyl (C=O) groups excluding carboxylic acids is 1. The highest BCUT2D eigenvalue weighted by Crippen LogP contribution is 2.19. The number of piperidine rings is 1. The van der Waals surface area contributed by atoms with Gasteiger partial charge in [0.2, 0.25) is 0 Å². The largest absolute Gasteiger partial charge is 0.422 e. The molecule has 23 heavy (non-hydrogen) atoms. The average molecular weight is 337 g/mol. The number of hydrogen-bond donors (Lipinski definition) is 2. The minimum atomic E-state index is -0.574. The number of benzene rings is 1. The van der Waals surface area contributed by atoms with Crippen LogP contribution in [-0.2, 0) is 0 Å². The van der Waals surface area contributed by atoms with Crippen LogP contribution in [0.15, 0.2) is 33.5 Å². The fraction of sp³-hybridized carbons (Fsp3) is 0.412. The molecule has 0 bridgehead atoms. The third-order valence-electron chi connectivity index (χ3n) is 4.25. The molecule has 1 fully saturated rings. The van der Waals surface area contributed by atoms with Crippen molar-refractivity contribution in [2.75, 3.05) is 19.6 Å². The van der Waals surface area contributed by atoms with Crippen LogP contribution < -0.4 is 16.3 Å². The lowest BCUT2D eigenvalue weighted by atomic mass is 9.99. The number of fused-ring (bicyclic) bond motifs is 1. The molecule has 2 aromatic rings. The van der Waals surface area contributed by atoms with Crippen LogP contribution in [0.5, 0.6) is 0 Å². The number of nitrogens with one attached hydrogen (secondary N) is 2. The summed E-state index contributed by atoms with van der Waals surface area (Å²) in [6.45, 7) is 4.32. The van der Waals surface area contributed by atoms with Gasteiger partial charge in [0.05, 0.1) is 0 Å². The van der Waals surface area contributed by atoms with Crippen LogP contribution >= 0.6 is 12.4 Å². The van der Waals surface area contributed by atoms with Crippen molar-refractivity contribution < 1.29 is 9.21 Å². The zero-order valence-electron chi connectivity index (χ0n) is 13.1. The highest BCUT2D eigenvalue weighted by molar-refractivity contribution is 5.99. The minimum absolute atomic E-state index is 0. The van der Waals surface area contributed by atoms with Crippen molar-refractivity contribution in [1.29, 1.82) is 0 Å². The van der Waals surface area contributed by atoms with E-state index in [2.05, 4.69) is 10.6 Å². The Morgan fingerprint density at radius 3 is 2.91 bits per heavy atom. The van der Waals surface area contributed by atoms with E-state index in [0.29, 0.717) is 23.6 Å². The summed E-state index contributed by atoms with van der Waals surface area (Å²) in [6, 6.07) is 7.26. The van der Waals surface area contributed by atoms with Crippen molar-refractivity contribution in [3.05, 3.63) is 45.8 Å². The van der Waals surface area contributed by atoms with Crippen molar-refractivity contribution in [2.24, 2.45) is 5.92 Å². The highest BCUT2D eigenvalue weighted by atomic mass is 35.5. The molecule has 1 amide bonds. The predicted octanol–water partition coefficient (Wildman–Crippen LogP) is 2.25. The van der Waals surface area contributed by atoms with Gasteiger partial charge in [0.25, 0.3) is 5.91 Å². The summed E-state index contributed by atoms with van der Waals surface area (Å²) in [5.41, 5.74) is 0.724. The molecule has 1 saturated heterocycles. The molecule has 0 radical (unpaired) electrons. The van der Waals surface area contributed by atoms with Crippen molar-refractivity contribution in [2.45, 2.75) is 19.8 Å². The van der Waals surface area contributed by atoms with E-state index in [9.17, 15) is 9.59 Å². The predicted molar refractivity (Wildman–Crippen MR) is 92.4 cm³/mol. The summed E-state index contributed by atoms with van der Waals surface area (Å²) in [7, 11) is 0. The second-order valence-corrected chi connectivity index (χ2v) is 5.81. The van der Waals surface area contributed by atoms with Gasteiger partial charge in [-0.05, 0) is 50.4 Å². The normalized spacial score (nSPS) is 17.5. The lowest BCUT2D eigenvalue weighted by Gasteiger charge is -2.22. The molecule has 1 aromatic heterocycles. The number of aryl methyl sites for hydroxylation is 1. The Morgan fingerprint density at radius 1 is 1.39 bits per heavy atom. The molecule has 5 nitrogen and oxygen atoms in total. The van der Waals surface area contributed by atoms with Gasteiger partial charge in [-0.1, -0.05) is 18.2 Å². The summed E-state index contributed by atoms with van der Waals surface area (Å²) in [4.78, 5) is 24.5. The van der Waals surface area contributed by atoms with E-state index in [1.54, 1.807) is 19.1 Å². The van der Waals surface area contributed by atoms with Crippen LogP contribution in [0.3, 0.4) is 0 Å². The quantitative estimate of drug-likeness (QED) is 0.843. The zero-order valence-corrected chi connectivity index (χ0v) is 13.9. The van der Waals surface area contributed by atoms with Crippen molar-refractivity contribution in [3.8, 4) is 0 Å². The number of amides is 1. The van der Waals surface area contributed by atoms with Crippen LogP contribution in [0.25, 0.3) is 11.0 Å². The molecule has 1 unspecified atom stereocenters. The van der Waals surface area contributed by atoms with E-state index in [0.717, 1.165) is 31.3 Å². The SMILES string of the molecule is Cc1c(C(=O)NCC2CCCNC2)c(=O)oc2ccccc12.Cl. The zero-order chi connectivity index (χ0) is 15.5. The third-order valence-corrected chi connectivity index (χ3v) is 4.25. The molecule has 0 saturated carbocycles. The van der Waals surface area contributed by atoms with E-state index in [1.165, 1.54) is 0 Å². The van der Waals surface area contributed by atoms with Crippen molar-refractivity contribution in [3.63, 3.8) is 0 Å².